The van der Waals surface area contributed by atoms with Crippen molar-refractivity contribution in [2.24, 2.45) is 0 Å². The largest absolute Gasteiger partial charge is 0.334 e. The van der Waals surface area contributed by atoms with Crippen molar-refractivity contribution < 1.29 is 0 Å². The Morgan fingerprint density at radius 1 is 0.759 bits per heavy atom. The Balaban J connectivity index is 1.14. The van der Waals surface area contributed by atoms with Crippen LogP contribution in [0, 0.1) is 6.92 Å². The van der Waals surface area contributed by atoms with Crippen molar-refractivity contribution in [3.05, 3.63) is 170 Å². The fourth-order valence-electron chi connectivity index (χ4n) is 9.47. The summed E-state index contributed by atoms with van der Waals surface area (Å²) in [4.78, 5) is 2.49. The molecule has 2 unspecified atom stereocenters. The molecule has 58 heavy (non-hydrogen) atoms. The van der Waals surface area contributed by atoms with E-state index in [9.17, 15) is 0 Å². The molecule has 2 aliphatic carbocycles. The molecule has 5 heteroatoms. The molecular formula is C53H49Br2IN2. The third-order valence-corrected chi connectivity index (χ3v) is 15.5. The molecule has 0 aliphatic heterocycles. The Hall–Kier alpha value is -3.91. The Bertz CT molecular complexity index is 2780. The number of hydrogen-bond donors (Lipinski definition) is 0. The fraction of sp³-hybridized carbons (Fsp3) is 0.245. The number of hydrogen-bond acceptors (Lipinski definition) is 1. The molecule has 0 amide bonds. The molecule has 2 nitrogen and oxygen atoms in total. The van der Waals surface area contributed by atoms with E-state index in [1.165, 1.54) is 93.4 Å². The van der Waals surface area contributed by atoms with E-state index >= 15 is 0 Å². The lowest BCUT2D eigenvalue weighted by Gasteiger charge is -2.33. The molecule has 1 heterocycles. The molecule has 2 atom stereocenters. The van der Waals surface area contributed by atoms with Crippen LogP contribution in [0.3, 0.4) is 0 Å². The topological polar surface area (TPSA) is 8.17 Å². The summed E-state index contributed by atoms with van der Waals surface area (Å²) in [6.45, 7) is 13.7. The van der Waals surface area contributed by atoms with Gasteiger partial charge in [0.2, 0.25) is 0 Å². The predicted molar refractivity (Wildman–Crippen MR) is 265 cm³/mol. The average molecular weight is 1000 g/mol. The van der Waals surface area contributed by atoms with E-state index in [4.69, 9.17) is 0 Å². The molecule has 0 saturated heterocycles. The standard InChI is InChI=1S/C53H49Br2IN2/c1-7-34-29-50(33(3)27-48(34)55)58-49-12-10-9-11-43(49)45-30-47-44(31-51(45)58)42-26-15-36(28-46(42)53(47,8-2)32-56)35-13-20-39(21-14-35)57(41-24-18-38(54)19-25-41)40-22-16-37(17-23-40)52(4,5)6/h9-24,26-31,41H,7-8,25,32H2,1-6H3. The Kier molecular flexibility index (Phi) is 10.4. The number of rotatable bonds is 8. The summed E-state index contributed by atoms with van der Waals surface area (Å²) in [6.07, 6.45) is 9.74. The van der Waals surface area contributed by atoms with Crippen LogP contribution in [0.5, 0.6) is 0 Å². The molecule has 0 fully saturated rings. The van der Waals surface area contributed by atoms with Gasteiger partial charge in [-0.2, -0.15) is 0 Å². The van der Waals surface area contributed by atoms with Crippen LogP contribution < -0.4 is 4.90 Å². The van der Waals surface area contributed by atoms with Crippen molar-refractivity contribution in [2.75, 3.05) is 9.33 Å². The third kappa shape index (κ3) is 6.55. The SMILES string of the molecule is CCc1cc(-n2c3ccccc3c3cc4c(cc32)-c2ccc(-c3ccc(N(c5ccc(C(C)(C)C)cc5)C5C=CC(Br)=CC5)cc3)cc2C4(CC)CI)c(C)cc1Br. The molecule has 0 saturated carbocycles. The molecular weight excluding hydrogens is 951 g/mol. The summed E-state index contributed by atoms with van der Waals surface area (Å²) >= 11 is 10.2. The molecule has 6 aromatic carbocycles. The fourth-order valence-corrected chi connectivity index (χ4v) is 11.9. The predicted octanol–water partition coefficient (Wildman–Crippen LogP) is 16.2. The molecule has 7 aromatic rings. The Morgan fingerprint density at radius 2 is 1.45 bits per heavy atom. The Labute approximate surface area is 374 Å². The highest BCUT2D eigenvalue weighted by atomic mass is 127. The van der Waals surface area contributed by atoms with Crippen LogP contribution in [0.15, 0.2) is 142 Å². The minimum absolute atomic E-state index is 0.0768. The van der Waals surface area contributed by atoms with Crippen LogP contribution in [0.1, 0.15) is 75.3 Å². The van der Waals surface area contributed by atoms with Crippen LogP contribution in [0.4, 0.5) is 11.4 Å². The highest BCUT2D eigenvalue weighted by Crippen LogP contribution is 2.54. The first-order valence-electron chi connectivity index (χ1n) is 20.6. The molecule has 0 spiro atoms. The molecule has 1 aromatic heterocycles. The van der Waals surface area contributed by atoms with Gasteiger partial charge in [0.1, 0.15) is 0 Å². The molecule has 9 rings (SSSR count). The van der Waals surface area contributed by atoms with Crippen molar-refractivity contribution in [1.29, 1.82) is 0 Å². The summed E-state index contributed by atoms with van der Waals surface area (Å²) in [5.74, 6) is 0. The number of benzene rings is 6. The number of para-hydroxylation sites is 1. The molecule has 0 N–H and O–H groups in total. The van der Waals surface area contributed by atoms with E-state index in [-0.39, 0.29) is 16.9 Å². The van der Waals surface area contributed by atoms with Gasteiger partial charge in [-0.15, -0.1) is 0 Å². The van der Waals surface area contributed by atoms with Crippen molar-refractivity contribution in [2.45, 2.75) is 77.7 Å². The van der Waals surface area contributed by atoms with E-state index in [1.807, 2.05) is 0 Å². The lowest BCUT2D eigenvalue weighted by Crippen LogP contribution is -2.30. The van der Waals surface area contributed by atoms with Gasteiger partial charge >= 0.3 is 0 Å². The molecule has 2 aliphatic rings. The summed E-state index contributed by atoms with van der Waals surface area (Å²) in [5, 5.41) is 2.64. The maximum atomic E-state index is 3.84. The van der Waals surface area contributed by atoms with Gasteiger partial charge in [0, 0.05) is 46.6 Å². The number of fused-ring (bicyclic) bond motifs is 6. The number of aromatic nitrogens is 1. The Morgan fingerprint density at radius 3 is 2.10 bits per heavy atom. The number of alkyl halides is 1. The van der Waals surface area contributed by atoms with Crippen LogP contribution in [-0.2, 0) is 17.3 Å². The summed E-state index contributed by atoms with van der Waals surface area (Å²) in [5.41, 5.74) is 18.3. The van der Waals surface area contributed by atoms with E-state index in [1.54, 1.807) is 0 Å². The van der Waals surface area contributed by atoms with E-state index < -0.39 is 0 Å². The van der Waals surface area contributed by atoms with Gasteiger partial charge < -0.3 is 9.47 Å². The first-order chi connectivity index (χ1) is 27.9. The zero-order chi connectivity index (χ0) is 40.5. The highest BCUT2D eigenvalue weighted by Gasteiger charge is 2.42. The number of aryl methyl sites for hydroxylation is 2. The maximum absolute atomic E-state index is 3.84. The first kappa shape index (κ1) is 39.5. The second kappa shape index (κ2) is 15.3. The normalized spacial score (nSPS) is 17.5. The number of halogens is 3. The first-order valence-corrected chi connectivity index (χ1v) is 23.7. The smallest absolute Gasteiger partial charge is 0.0560 e. The monoisotopic (exact) mass is 998 g/mol. The van der Waals surface area contributed by atoms with Gasteiger partial charge in [-0.05, 0) is 142 Å². The minimum atomic E-state index is -0.0768. The quantitative estimate of drug-likeness (QED) is 0.109. The summed E-state index contributed by atoms with van der Waals surface area (Å²) in [6, 6.07) is 44.6. The summed E-state index contributed by atoms with van der Waals surface area (Å²) in [7, 11) is 0. The van der Waals surface area contributed by atoms with Crippen LogP contribution >= 0.6 is 54.5 Å². The second-order valence-electron chi connectivity index (χ2n) is 17.1. The average Bonchev–Trinajstić information content (AvgIpc) is 3.70. The highest BCUT2D eigenvalue weighted by molar-refractivity contribution is 14.1. The lowest BCUT2D eigenvalue weighted by atomic mass is 9.77. The van der Waals surface area contributed by atoms with Crippen molar-refractivity contribution in [1.82, 2.24) is 4.57 Å². The van der Waals surface area contributed by atoms with Gasteiger partial charge in [-0.25, -0.2) is 0 Å². The van der Waals surface area contributed by atoms with Crippen molar-refractivity contribution >= 4 is 87.6 Å². The van der Waals surface area contributed by atoms with Gasteiger partial charge in [-0.3, -0.25) is 0 Å². The second-order valence-corrected chi connectivity index (χ2v) is 19.7. The molecule has 0 radical (unpaired) electrons. The third-order valence-electron chi connectivity index (χ3n) is 12.8. The van der Waals surface area contributed by atoms with Crippen LogP contribution in [0.25, 0.3) is 49.7 Å². The molecule has 292 valence electrons. The molecule has 0 bridgehead atoms. The van der Waals surface area contributed by atoms with Gasteiger partial charge in [0.05, 0.1) is 17.1 Å². The van der Waals surface area contributed by atoms with Crippen LogP contribution in [0.2, 0.25) is 0 Å². The number of nitrogens with zero attached hydrogens (tertiary/aromatic N) is 2. The van der Waals surface area contributed by atoms with E-state index in [2.05, 4.69) is 239 Å². The lowest BCUT2D eigenvalue weighted by molar-refractivity contribution is 0.584. The maximum Gasteiger partial charge on any atom is 0.0560 e. The number of anilines is 2. The minimum Gasteiger partial charge on any atom is -0.334 e. The van der Waals surface area contributed by atoms with Crippen molar-refractivity contribution in [3.8, 4) is 27.9 Å². The van der Waals surface area contributed by atoms with Crippen LogP contribution in [-0.4, -0.2) is 15.0 Å². The van der Waals surface area contributed by atoms with Gasteiger partial charge in [-0.1, -0.05) is 162 Å². The van der Waals surface area contributed by atoms with Crippen molar-refractivity contribution in [3.63, 3.8) is 0 Å². The zero-order valence-corrected chi connectivity index (χ0v) is 39.5. The summed E-state index contributed by atoms with van der Waals surface area (Å²) < 4.78 is 5.86. The zero-order valence-electron chi connectivity index (χ0n) is 34.1. The van der Waals surface area contributed by atoms with Gasteiger partial charge in [0.25, 0.3) is 0 Å². The number of allylic oxidation sites excluding steroid dienone is 2. The van der Waals surface area contributed by atoms with E-state index in [0.717, 1.165) is 28.2 Å². The van der Waals surface area contributed by atoms with Gasteiger partial charge in [0.15, 0.2) is 0 Å². The van der Waals surface area contributed by atoms with E-state index in [0.29, 0.717) is 0 Å².